The van der Waals surface area contributed by atoms with Crippen LogP contribution in [0.5, 0.6) is 0 Å². The molecule has 0 atom stereocenters. The van der Waals surface area contributed by atoms with Gasteiger partial charge in [-0.3, -0.25) is 9.59 Å². The number of amides is 2. The van der Waals surface area contributed by atoms with E-state index in [4.69, 9.17) is 28.3 Å². The monoisotopic (exact) mass is 591 g/mol. The summed E-state index contributed by atoms with van der Waals surface area (Å²) < 4.78 is 0. The van der Waals surface area contributed by atoms with Crippen molar-refractivity contribution in [3.05, 3.63) is 99.8 Å². The number of fused-ring (bicyclic) bond motifs is 1. The molecule has 0 unspecified atom stereocenters. The number of hydrogen-bond donors (Lipinski definition) is 3. The summed E-state index contributed by atoms with van der Waals surface area (Å²) in [6.07, 6.45) is 2.81. The number of benzene rings is 3. The van der Waals surface area contributed by atoms with Gasteiger partial charge in [0, 0.05) is 47.0 Å². The molecule has 10 heteroatoms. The van der Waals surface area contributed by atoms with Crippen LogP contribution in [0.2, 0.25) is 10.0 Å². The van der Waals surface area contributed by atoms with Crippen molar-refractivity contribution in [3.8, 4) is 0 Å². The SMILES string of the molecule is O=C(CC(=O)N1CCC(Nc2ncnc3ccc(C(c4ccc(Cl)cc4)c4ccc(Cl)cc4)cc23)CC1)NCCO. The van der Waals surface area contributed by atoms with Gasteiger partial charge in [-0.25, -0.2) is 9.97 Å². The summed E-state index contributed by atoms with van der Waals surface area (Å²) in [6, 6.07) is 22.1. The topological polar surface area (TPSA) is 107 Å². The maximum absolute atomic E-state index is 12.5. The highest BCUT2D eigenvalue weighted by Gasteiger charge is 2.25. The van der Waals surface area contributed by atoms with Gasteiger partial charge in [-0.05, 0) is 65.9 Å². The Hall–Kier alpha value is -3.72. The number of hydrogen-bond acceptors (Lipinski definition) is 6. The maximum Gasteiger partial charge on any atom is 0.232 e. The van der Waals surface area contributed by atoms with Gasteiger partial charge in [0.05, 0.1) is 12.1 Å². The first-order valence-electron chi connectivity index (χ1n) is 13.6. The summed E-state index contributed by atoms with van der Waals surface area (Å²) in [7, 11) is 0. The minimum Gasteiger partial charge on any atom is -0.395 e. The van der Waals surface area contributed by atoms with Crippen molar-refractivity contribution in [2.24, 2.45) is 0 Å². The fourth-order valence-corrected chi connectivity index (χ4v) is 5.48. The first kappa shape index (κ1) is 28.8. The number of rotatable bonds is 9. The van der Waals surface area contributed by atoms with Crippen LogP contribution in [0.3, 0.4) is 0 Å². The van der Waals surface area contributed by atoms with Crippen molar-refractivity contribution < 1.29 is 14.7 Å². The second-order valence-corrected chi connectivity index (χ2v) is 11.0. The second-order valence-electron chi connectivity index (χ2n) is 10.1. The fourth-order valence-electron chi connectivity index (χ4n) is 5.23. The van der Waals surface area contributed by atoms with Crippen molar-refractivity contribution in [2.75, 3.05) is 31.6 Å². The van der Waals surface area contributed by atoms with E-state index in [0.29, 0.717) is 23.1 Å². The van der Waals surface area contributed by atoms with Gasteiger partial charge in [0.2, 0.25) is 11.8 Å². The van der Waals surface area contributed by atoms with E-state index < -0.39 is 0 Å². The van der Waals surface area contributed by atoms with Crippen molar-refractivity contribution in [2.45, 2.75) is 31.2 Å². The van der Waals surface area contributed by atoms with E-state index in [1.165, 1.54) is 0 Å². The maximum atomic E-state index is 12.5. The summed E-state index contributed by atoms with van der Waals surface area (Å²) >= 11 is 12.4. The molecule has 1 aromatic heterocycles. The van der Waals surface area contributed by atoms with E-state index >= 15 is 0 Å². The predicted octanol–water partition coefficient (Wildman–Crippen LogP) is 5.02. The van der Waals surface area contributed by atoms with Crippen molar-refractivity contribution in [1.29, 1.82) is 0 Å². The number of halogens is 2. The zero-order chi connectivity index (χ0) is 28.8. The molecule has 0 saturated carbocycles. The van der Waals surface area contributed by atoms with Crippen molar-refractivity contribution >= 4 is 51.7 Å². The van der Waals surface area contributed by atoms with Crippen LogP contribution in [0.15, 0.2) is 73.1 Å². The molecule has 41 heavy (non-hydrogen) atoms. The summed E-state index contributed by atoms with van der Waals surface area (Å²) in [4.78, 5) is 35.2. The lowest BCUT2D eigenvalue weighted by Crippen LogP contribution is -2.44. The Bertz CT molecular complexity index is 1460. The summed E-state index contributed by atoms with van der Waals surface area (Å²) in [6.45, 7) is 1.09. The Balaban J connectivity index is 1.35. The van der Waals surface area contributed by atoms with Crippen LogP contribution in [-0.4, -0.2) is 64.1 Å². The normalized spacial score (nSPS) is 13.9. The fraction of sp³-hybridized carbons (Fsp3) is 0.290. The number of anilines is 1. The standard InChI is InChI=1S/C31H31Cl2N5O3/c32-23-6-1-20(2-7-23)30(21-3-8-24(33)9-4-21)22-5-10-27-26(17-22)31(36-19-35-27)37-25-11-14-38(15-12-25)29(41)18-28(40)34-13-16-39/h1-10,17,19,25,30,39H,11-16,18H2,(H,34,40)(H,35,36,37). The summed E-state index contributed by atoms with van der Waals surface area (Å²) in [5.41, 5.74) is 4.12. The summed E-state index contributed by atoms with van der Waals surface area (Å²) in [5.74, 6) is 0.122. The average molecular weight is 593 g/mol. The molecule has 1 aliphatic rings. The van der Waals surface area contributed by atoms with Crippen molar-refractivity contribution in [1.82, 2.24) is 20.2 Å². The molecule has 1 aliphatic heterocycles. The lowest BCUT2D eigenvalue weighted by Gasteiger charge is -2.32. The van der Waals surface area contributed by atoms with Crippen LogP contribution in [0.4, 0.5) is 5.82 Å². The minimum atomic E-state index is -0.372. The molecule has 212 valence electrons. The summed E-state index contributed by atoms with van der Waals surface area (Å²) in [5, 5.41) is 17.2. The molecule has 0 bridgehead atoms. The molecule has 2 heterocycles. The zero-order valence-electron chi connectivity index (χ0n) is 22.4. The number of aromatic nitrogens is 2. The van der Waals surface area contributed by atoms with Crippen LogP contribution in [-0.2, 0) is 9.59 Å². The Labute approximate surface area is 248 Å². The number of nitrogens with one attached hydrogen (secondary N) is 2. The molecular weight excluding hydrogens is 561 g/mol. The largest absolute Gasteiger partial charge is 0.395 e. The molecule has 8 nitrogen and oxygen atoms in total. The molecule has 1 fully saturated rings. The predicted molar refractivity (Wildman–Crippen MR) is 161 cm³/mol. The lowest BCUT2D eigenvalue weighted by molar-refractivity contribution is -0.136. The third kappa shape index (κ3) is 7.14. The molecular formula is C31H31Cl2N5O3. The molecule has 2 amide bonds. The van der Waals surface area contributed by atoms with E-state index in [1.54, 1.807) is 11.2 Å². The zero-order valence-corrected chi connectivity index (χ0v) is 23.9. The van der Waals surface area contributed by atoms with Gasteiger partial charge in [-0.1, -0.05) is 53.5 Å². The first-order valence-corrected chi connectivity index (χ1v) is 14.3. The molecule has 5 rings (SSSR count). The van der Waals surface area contributed by atoms with Crippen LogP contribution < -0.4 is 10.6 Å². The van der Waals surface area contributed by atoms with E-state index in [0.717, 1.165) is 46.3 Å². The van der Waals surface area contributed by atoms with Gasteiger partial charge >= 0.3 is 0 Å². The number of nitrogens with zero attached hydrogens (tertiary/aromatic N) is 3. The molecule has 3 N–H and O–H groups in total. The molecule has 0 spiro atoms. The van der Waals surface area contributed by atoms with Gasteiger partial charge < -0.3 is 20.6 Å². The molecule has 0 radical (unpaired) electrons. The Morgan fingerprint density at radius 1 is 0.902 bits per heavy atom. The van der Waals surface area contributed by atoms with Gasteiger partial charge in [-0.15, -0.1) is 0 Å². The van der Waals surface area contributed by atoms with Gasteiger partial charge in [0.15, 0.2) is 0 Å². The number of aliphatic hydroxyl groups is 1. The Morgan fingerprint density at radius 3 is 2.12 bits per heavy atom. The Kier molecular flexibility index (Phi) is 9.34. The molecule has 0 aliphatic carbocycles. The molecule has 4 aromatic rings. The third-order valence-electron chi connectivity index (χ3n) is 7.33. The van der Waals surface area contributed by atoms with Crippen LogP contribution >= 0.6 is 23.2 Å². The van der Waals surface area contributed by atoms with E-state index in [2.05, 4.69) is 32.7 Å². The second kappa shape index (κ2) is 13.3. The van der Waals surface area contributed by atoms with Gasteiger partial charge in [0.25, 0.3) is 0 Å². The number of piperidine rings is 1. The molecule has 1 saturated heterocycles. The highest BCUT2D eigenvalue weighted by molar-refractivity contribution is 6.30. The third-order valence-corrected chi connectivity index (χ3v) is 7.84. The van der Waals surface area contributed by atoms with Crippen LogP contribution in [0.1, 0.15) is 41.9 Å². The lowest BCUT2D eigenvalue weighted by atomic mass is 9.84. The number of carbonyl (C=O) groups excluding carboxylic acids is 2. The van der Waals surface area contributed by atoms with Gasteiger partial charge in [-0.2, -0.15) is 0 Å². The van der Waals surface area contributed by atoms with E-state index in [1.807, 2.05) is 54.6 Å². The smallest absolute Gasteiger partial charge is 0.232 e. The van der Waals surface area contributed by atoms with Crippen molar-refractivity contribution in [3.63, 3.8) is 0 Å². The highest BCUT2D eigenvalue weighted by atomic mass is 35.5. The number of likely N-dealkylation sites (tertiary alicyclic amines) is 1. The first-order chi connectivity index (χ1) is 19.9. The highest BCUT2D eigenvalue weighted by Crippen LogP contribution is 2.35. The minimum absolute atomic E-state index is 0.0502. The average Bonchev–Trinajstić information content (AvgIpc) is 2.99. The quantitative estimate of drug-likeness (QED) is 0.186. The van der Waals surface area contributed by atoms with Crippen LogP contribution in [0, 0.1) is 0 Å². The van der Waals surface area contributed by atoms with Gasteiger partial charge in [0.1, 0.15) is 18.6 Å². The van der Waals surface area contributed by atoms with Crippen LogP contribution in [0.25, 0.3) is 10.9 Å². The number of aliphatic hydroxyl groups excluding tert-OH is 1. The van der Waals surface area contributed by atoms with E-state index in [9.17, 15) is 9.59 Å². The molecule has 3 aromatic carbocycles. The number of carbonyl (C=O) groups is 2. The van der Waals surface area contributed by atoms with E-state index in [-0.39, 0.29) is 43.3 Å². The Morgan fingerprint density at radius 2 is 1.51 bits per heavy atom.